The van der Waals surface area contributed by atoms with Crippen molar-refractivity contribution in [3.8, 4) is 0 Å². The van der Waals surface area contributed by atoms with Crippen LogP contribution in [-0.4, -0.2) is 36.7 Å². The minimum absolute atomic E-state index is 0.349. The predicted molar refractivity (Wildman–Crippen MR) is 74.0 cm³/mol. The summed E-state index contributed by atoms with van der Waals surface area (Å²) in [5.41, 5.74) is 0. The molecule has 0 saturated heterocycles. The summed E-state index contributed by atoms with van der Waals surface area (Å²) >= 11 is 1.51. The molecule has 6 heteroatoms. The van der Waals surface area contributed by atoms with E-state index in [0.717, 1.165) is 4.88 Å². The van der Waals surface area contributed by atoms with E-state index in [4.69, 9.17) is 9.84 Å². The fourth-order valence-electron chi connectivity index (χ4n) is 1.45. The number of carbonyl (C=O) groups excluding carboxylic acids is 1. The van der Waals surface area contributed by atoms with Crippen molar-refractivity contribution in [1.82, 2.24) is 5.32 Å². The predicted octanol–water partition coefficient (Wildman–Crippen LogP) is 1.76. The van der Waals surface area contributed by atoms with Gasteiger partial charge in [-0.15, -0.1) is 11.3 Å². The van der Waals surface area contributed by atoms with Gasteiger partial charge in [-0.25, -0.2) is 4.79 Å². The Morgan fingerprint density at radius 3 is 2.95 bits per heavy atom. The minimum atomic E-state index is -1.03. The van der Waals surface area contributed by atoms with Crippen LogP contribution in [0.2, 0.25) is 0 Å². The monoisotopic (exact) mass is 283 g/mol. The molecule has 2 N–H and O–H groups in total. The number of carbonyl (C=O) groups is 2. The number of methoxy groups -OCH3 is 1. The molecule has 0 saturated carbocycles. The summed E-state index contributed by atoms with van der Waals surface area (Å²) in [5, 5.41) is 13.4. The molecule has 0 bridgehead atoms. The Morgan fingerprint density at radius 2 is 2.37 bits per heavy atom. The fraction of sp³-hybridized carbons (Fsp3) is 0.385. The average Bonchev–Trinajstić information content (AvgIpc) is 2.88. The quantitative estimate of drug-likeness (QED) is 0.563. The molecule has 1 atom stereocenters. The second-order valence-corrected chi connectivity index (χ2v) is 4.86. The van der Waals surface area contributed by atoms with Crippen LogP contribution in [-0.2, 0) is 14.3 Å². The molecule has 0 aliphatic rings. The number of hydrogen-bond acceptors (Lipinski definition) is 4. The Hall–Kier alpha value is -1.66. The van der Waals surface area contributed by atoms with Crippen molar-refractivity contribution >= 4 is 29.3 Å². The van der Waals surface area contributed by atoms with Gasteiger partial charge >= 0.3 is 5.97 Å². The van der Waals surface area contributed by atoms with Crippen molar-refractivity contribution in [3.05, 3.63) is 28.5 Å². The molecule has 0 aliphatic carbocycles. The van der Waals surface area contributed by atoms with Crippen molar-refractivity contribution in [3.63, 3.8) is 0 Å². The lowest BCUT2D eigenvalue weighted by Crippen LogP contribution is -2.40. The van der Waals surface area contributed by atoms with Crippen LogP contribution in [0.4, 0.5) is 0 Å². The van der Waals surface area contributed by atoms with Gasteiger partial charge in [-0.2, -0.15) is 0 Å². The van der Waals surface area contributed by atoms with Gasteiger partial charge in [0.15, 0.2) is 0 Å². The Morgan fingerprint density at radius 1 is 1.58 bits per heavy atom. The standard InChI is InChI=1S/C13H17NO4S/c1-18-8-2-5-11(13(16)17)14-12(15)7-6-10-4-3-9-19-10/h3-4,6-7,9,11H,2,5,8H2,1H3,(H,14,15)(H,16,17)/b7-6+. The molecule has 0 aromatic carbocycles. The van der Waals surface area contributed by atoms with Crippen LogP contribution >= 0.6 is 11.3 Å². The molecule has 0 spiro atoms. The van der Waals surface area contributed by atoms with E-state index in [9.17, 15) is 9.59 Å². The maximum Gasteiger partial charge on any atom is 0.326 e. The van der Waals surface area contributed by atoms with E-state index in [1.807, 2.05) is 17.5 Å². The van der Waals surface area contributed by atoms with E-state index < -0.39 is 17.9 Å². The molecule has 0 radical (unpaired) electrons. The summed E-state index contributed by atoms with van der Waals surface area (Å²) in [6.07, 6.45) is 3.94. The number of rotatable bonds is 8. The van der Waals surface area contributed by atoms with E-state index in [-0.39, 0.29) is 0 Å². The van der Waals surface area contributed by atoms with Crippen LogP contribution in [0.25, 0.3) is 6.08 Å². The molecule has 19 heavy (non-hydrogen) atoms. The van der Waals surface area contributed by atoms with Crippen LogP contribution < -0.4 is 5.32 Å². The minimum Gasteiger partial charge on any atom is -0.480 e. The smallest absolute Gasteiger partial charge is 0.326 e. The van der Waals surface area contributed by atoms with Crippen LogP contribution in [0.3, 0.4) is 0 Å². The average molecular weight is 283 g/mol. The number of amides is 1. The van der Waals surface area contributed by atoms with Gasteiger partial charge in [0.05, 0.1) is 0 Å². The largest absolute Gasteiger partial charge is 0.480 e. The number of carboxylic acid groups (broad SMARTS) is 1. The lowest BCUT2D eigenvalue weighted by Gasteiger charge is -2.12. The first-order chi connectivity index (χ1) is 9.13. The molecular weight excluding hydrogens is 266 g/mol. The highest BCUT2D eigenvalue weighted by atomic mass is 32.1. The number of carboxylic acids is 1. The lowest BCUT2D eigenvalue weighted by atomic mass is 10.1. The van der Waals surface area contributed by atoms with Gasteiger partial charge in [0.25, 0.3) is 0 Å². The van der Waals surface area contributed by atoms with E-state index in [1.165, 1.54) is 17.4 Å². The highest BCUT2D eigenvalue weighted by Crippen LogP contribution is 2.10. The summed E-state index contributed by atoms with van der Waals surface area (Å²) in [5.74, 6) is -1.44. The van der Waals surface area contributed by atoms with Crippen LogP contribution in [0, 0.1) is 0 Å². The van der Waals surface area contributed by atoms with Gasteiger partial charge < -0.3 is 15.2 Å². The molecule has 104 valence electrons. The third kappa shape index (κ3) is 6.17. The first kappa shape index (κ1) is 15.4. The molecule has 0 fully saturated rings. The summed E-state index contributed by atoms with van der Waals surface area (Å²) in [6.45, 7) is 0.477. The summed E-state index contributed by atoms with van der Waals surface area (Å²) in [4.78, 5) is 23.5. The third-order valence-electron chi connectivity index (χ3n) is 2.40. The van der Waals surface area contributed by atoms with Gasteiger partial charge in [0.1, 0.15) is 6.04 Å². The van der Waals surface area contributed by atoms with Crippen LogP contribution in [0.5, 0.6) is 0 Å². The van der Waals surface area contributed by atoms with E-state index in [1.54, 1.807) is 13.2 Å². The molecular formula is C13H17NO4S. The van der Waals surface area contributed by atoms with Crippen molar-refractivity contribution in [2.24, 2.45) is 0 Å². The van der Waals surface area contributed by atoms with Gasteiger partial charge in [-0.1, -0.05) is 6.07 Å². The molecule has 5 nitrogen and oxygen atoms in total. The maximum atomic E-state index is 11.6. The summed E-state index contributed by atoms with van der Waals surface area (Å²) < 4.78 is 4.86. The molecule has 1 unspecified atom stereocenters. The lowest BCUT2D eigenvalue weighted by molar-refractivity contribution is -0.141. The second-order valence-electron chi connectivity index (χ2n) is 3.88. The fourth-order valence-corrected chi connectivity index (χ4v) is 2.07. The number of thiophene rings is 1. The van der Waals surface area contributed by atoms with Gasteiger partial charge in [-0.05, 0) is 30.4 Å². The van der Waals surface area contributed by atoms with Crippen molar-refractivity contribution < 1.29 is 19.4 Å². The van der Waals surface area contributed by atoms with E-state index in [2.05, 4.69) is 5.32 Å². The van der Waals surface area contributed by atoms with E-state index in [0.29, 0.717) is 19.4 Å². The summed E-state index contributed by atoms with van der Waals surface area (Å²) in [7, 11) is 1.55. The number of nitrogens with one attached hydrogen (secondary N) is 1. The highest BCUT2D eigenvalue weighted by molar-refractivity contribution is 7.10. The third-order valence-corrected chi connectivity index (χ3v) is 3.24. The SMILES string of the molecule is COCCCC(NC(=O)/C=C/c1cccs1)C(=O)O. The highest BCUT2D eigenvalue weighted by Gasteiger charge is 2.18. The zero-order valence-corrected chi connectivity index (χ0v) is 11.5. The van der Waals surface area contributed by atoms with Crippen LogP contribution in [0.15, 0.2) is 23.6 Å². The first-order valence-corrected chi connectivity index (χ1v) is 6.75. The molecule has 1 amide bonds. The molecule has 0 aliphatic heterocycles. The Labute approximate surface area is 115 Å². The van der Waals surface area contributed by atoms with Gasteiger partial charge in [-0.3, -0.25) is 4.79 Å². The Kier molecular flexibility index (Phi) is 6.84. The van der Waals surface area contributed by atoms with Gasteiger partial charge in [0.2, 0.25) is 5.91 Å². The maximum absolute atomic E-state index is 11.6. The molecule has 1 rings (SSSR count). The van der Waals surface area contributed by atoms with Gasteiger partial charge in [0, 0.05) is 24.7 Å². The Balaban J connectivity index is 2.44. The van der Waals surface area contributed by atoms with Crippen molar-refractivity contribution in [2.75, 3.05) is 13.7 Å². The number of aliphatic carboxylic acids is 1. The molecule has 1 heterocycles. The second kappa shape index (κ2) is 8.44. The van der Waals surface area contributed by atoms with Crippen molar-refractivity contribution in [1.29, 1.82) is 0 Å². The molecule has 1 aromatic heterocycles. The van der Waals surface area contributed by atoms with E-state index >= 15 is 0 Å². The number of hydrogen-bond donors (Lipinski definition) is 2. The zero-order valence-electron chi connectivity index (χ0n) is 10.7. The molecule has 1 aromatic rings. The first-order valence-electron chi connectivity index (χ1n) is 5.87. The van der Waals surface area contributed by atoms with Crippen LogP contribution in [0.1, 0.15) is 17.7 Å². The normalized spacial score (nSPS) is 12.5. The topological polar surface area (TPSA) is 75.6 Å². The van der Waals surface area contributed by atoms with Crippen molar-refractivity contribution in [2.45, 2.75) is 18.9 Å². The zero-order chi connectivity index (χ0) is 14.1. The Bertz CT molecular complexity index is 428. The summed E-state index contributed by atoms with van der Waals surface area (Å²) in [6, 6.07) is 2.88. The number of ether oxygens (including phenoxy) is 1.